The van der Waals surface area contributed by atoms with E-state index in [0.29, 0.717) is 13.1 Å². The highest BCUT2D eigenvalue weighted by atomic mass is 79.9. The van der Waals surface area contributed by atoms with Crippen LogP contribution in [-0.2, 0) is 11.3 Å². The highest BCUT2D eigenvalue weighted by Gasteiger charge is 2.03. The normalized spacial score (nSPS) is 9.38. The molecule has 5 nitrogen and oxygen atoms in total. The predicted molar refractivity (Wildman–Crippen MR) is 67.7 cm³/mol. The van der Waals surface area contributed by atoms with Gasteiger partial charge in [-0.05, 0) is 22.0 Å². The molecule has 0 saturated heterocycles. The fourth-order valence-electron chi connectivity index (χ4n) is 1.05. The molecule has 1 aromatic rings. The lowest BCUT2D eigenvalue weighted by Crippen LogP contribution is -2.34. The van der Waals surface area contributed by atoms with Crippen LogP contribution in [0.3, 0.4) is 0 Å². The van der Waals surface area contributed by atoms with Gasteiger partial charge >= 0.3 is 0 Å². The number of hydrogen-bond donors (Lipinski definition) is 2. The minimum Gasteiger partial charge on any atom is -0.353 e. The topological polar surface area (TPSA) is 77.1 Å². The van der Waals surface area contributed by atoms with Crippen molar-refractivity contribution in [1.29, 1.82) is 0 Å². The Balaban J connectivity index is 0.00000225. The van der Waals surface area contributed by atoms with E-state index in [-0.39, 0.29) is 30.4 Å². The van der Waals surface area contributed by atoms with Crippen LogP contribution in [0.5, 0.6) is 0 Å². The van der Waals surface area contributed by atoms with E-state index in [9.17, 15) is 9.59 Å². The van der Waals surface area contributed by atoms with E-state index in [1.54, 1.807) is 12.3 Å². The molecule has 90 valence electrons. The lowest BCUT2D eigenvalue weighted by Gasteiger charge is -2.06. The number of pyridine rings is 1. The maximum absolute atomic E-state index is 11.3. The molecule has 0 spiro atoms. The fraction of sp³-hybridized carbons (Fsp3) is 0.333. The third kappa shape index (κ3) is 4.78. The van der Waals surface area contributed by atoms with Crippen LogP contribution in [0.4, 0.5) is 0 Å². The van der Waals surface area contributed by atoms with E-state index < -0.39 is 0 Å². The Kier molecular flexibility index (Phi) is 7.03. The van der Waals surface area contributed by atoms with Crippen molar-refractivity contribution in [3.63, 3.8) is 0 Å². The Morgan fingerprint density at radius 2 is 2.19 bits per heavy atom. The van der Waals surface area contributed by atoms with Gasteiger partial charge in [0.15, 0.2) is 0 Å². The maximum Gasteiger partial charge on any atom is 0.251 e. The zero-order valence-corrected chi connectivity index (χ0v) is 10.9. The summed E-state index contributed by atoms with van der Waals surface area (Å²) in [6, 6.07) is 3.04. The van der Waals surface area contributed by atoms with Crippen LogP contribution in [0.1, 0.15) is 0 Å². The molecule has 0 saturated carbocycles. The van der Waals surface area contributed by atoms with Gasteiger partial charge in [-0.15, -0.1) is 12.4 Å². The van der Waals surface area contributed by atoms with Crippen molar-refractivity contribution in [2.45, 2.75) is 6.54 Å². The van der Waals surface area contributed by atoms with Crippen molar-refractivity contribution in [2.24, 2.45) is 5.73 Å². The molecule has 0 atom stereocenters. The molecule has 0 radical (unpaired) electrons. The van der Waals surface area contributed by atoms with Crippen molar-refractivity contribution in [3.05, 3.63) is 33.2 Å². The summed E-state index contributed by atoms with van der Waals surface area (Å²) in [6.45, 7) is 0.818. The van der Waals surface area contributed by atoms with Gasteiger partial charge in [-0.25, -0.2) is 0 Å². The van der Waals surface area contributed by atoms with Crippen molar-refractivity contribution in [2.75, 3.05) is 13.1 Å². The zero-order chi connectivity index (χ0) is 11.3. The summed E-state index contributed by atoms with van der Waals surface area (Å²) >= 11 is 3.23. The van der Waals surface area contributed by atoms with E-state index in [1.165, 1.54) is 10.6 Å². The maximum atomic E-state index is 11.3. The second-order valence-electron chi connectivity index (χ2n) is 2.95. The van der Waals surface area contributed by atoms with Gasteiger partial charge in [-0.3, -0.25) is 9.59 Å². The quantitative estimate of drug-likeness (QED) is 0.828. The number of rotatable bonds is 4. The molecular formula is C9H13BrClN3O2. The van der Waals surface area contributed by atoms with E-state index in [2.05, 4.69) is 21.2 Å². The smallest absolute Gasteiger partial charge is 0.251 e. The van der Waals surface area contributed by atoms with Gasteiger partial charge in [0.2, 0.25) is 5.91 Å². The molecule has 0 bridgehead atoms. The summed E-state index contributed by atoms with van der Waals surface area (Å²) in [5.41, 5.74) is 5.03. The van der Waals surface area contributed by atoms with Crippen LogP contribution in [0.2, 0.25) is 0 Å². The predicted octanol–water partition coefficient (Wildman–Crippen LogP) is 0.108. The Morgan fingerprint density at radius 1 is 1.50 bits per heavy atom. The van der Waals surface area contributed by atoms with Gasteiger partial charge in [-0.1, -0.05) is 0 Å². The summed E-state index contributed by atoms with van der Waals surface area (Å²) in [6.07, 6.45) is 1.57. The van der Waals surface area contributed by atoms with E-state index >= 15 is 0 Å². The molecule has 1 heterocycles. The average Bonchev–Trinajstić information content (AvgIpc) is 2.20. The Hall–Kier alpha value is -0.850. The molecule has 16 heavy (non-hydrogen) atoms. The van der Waals surface area contributed by atoms with Crippen LogP contribution in [0.15, 0.2) is 27.6 Å². The Labute approximate surface area is 108 Å². The second-order valence-corrected chi connectivity index (χ2v) is 3.87. The number of aromatic nitrogens is 1. The van der Waals surface area contributed by atoms with Crippen molar-refractivity contribution in [1.82, 2.24) is 9.88 Å². The van der Waals surface area contributed by atoms with Gasteiger partial charge in [0, 0.05) is 29.8 Å². The Bertz CT molecular complexity index is 408. The molecule has 1 amide bonds. The summed E-state index contributed by atoms with van der Waals surface area (Å²) in [5, 5.41) is 2.59. The number of amides is 1. The van der Waals surface area contributed by atoms with Crippen LogP contribution >= 0.6 is 28.3 Å². The zero-order valence-electron chi connectivity index (χ0n) is 8.48. The second kappa shape index (κ2) is 7.43. The highest BCUT2D eigenvalue weighted by Crippen LogP contribution is 2.04. The van der Waals surface area contributed by atoms with Gasteiger partial charge in [0.1, 0.15) is 6.54 Å². The number of carbonyl (C=O) groups excluding carboxylic acids is 1. The van der Waals surface area contributed by atoms with Crippen LogP contribution in [0, 0.1) is 0 Å². The molecule has 7 heteroatoms. The third-order valence-corrected chi connectivity index (χ3v) is 2.20. The number of nitrogens with two attached hydrogens (primary N) is 1. The summed E-state index contributed by atoms with van der Waals surface area (Å²) < 4.78 is 2.09. The van der Waals surface area contributed by atoms with Crippen molar-refractivity contribution in [3.8, 4) is 0 Å². The molecule has 0 aromatic carbocycles. The Morgan fingerprint density at radius 3 is 2.81 bits per heavy atom. The molecule has 1 rings (SSSR count). The number of hydrogen-bond acceptors (Lipinski definition) is 3. The first-order chi connectivity index (χ1) is 7.13. The number of carbonyl (C=O) groups is 1. The molecule has 0 aliphatic carbocycles. The summed E-state index contributed by atoms with van der Waals surface area (Å²) in [4.78, 5) is 22.6. The number of nitrogens with one attached hydrogen (secondary N) is 1. The molecule has 1 aromatic heterocycles. The first-order valence-electron chi connectivity index (χ1n) is 4.46. The molecule has 0 unspecified atom stereocenters. The lowest BCUT2D eigenvalue weighted by molar-refractivity contribution is -0.121. The van der Waals surface area contributed by atoms with E-state index in [4.69, 9.17) is 5.73 Å². The first-order valence-corrected chi connectivity index (χ1v) is 5.25. The number of halogens is 2. The average molecular weight is 311 g/mol. The lowest BCUT2D eigenvalue weighted by atomic mass is 10.4. The standard InChI is InChI=1S/C9H12BrN3O2.ClH/c10-7-1-2-9(15)13(5-7)6-8(14)12-4-3-11;/h1-2,5H,3-4,6,11H2,(H,12,14);1H. The minimum atomic E-state index is -0.222. The van der Waals surface area contributed by atoms with Crippen molar-refractivity contribution < 1.29 is 4.79 Å². The number of nitrogens with zero attached hydrogens (tertiary/aromatic N) is 1. The molecule has 0 fully saturated rings. The fourth-order valence-corrected chi connectivity index (χ4v) is 1.43. The largest absolute Gasteiger partial charge is 0.353 e. The minimum absolute atomic E-state index is 0. The van der Waals surface area contributed by atoms with Gasteiger partial charge in [-0.2, -0.15) is 0 Å². The molecule has 0 aliphatic heterocycles. The van der Waals surface area contributed by atoms with Gasteiger partial charge in [0.05, 0.1) is 0 Å². The third-order valence-electron chi connectivity index (χ3n) is 1.73. The summed E-state index contributed by atoms with van der Waals surface area (Å²) in [7, 11) is 0. The molecule has 0 aliphatic rings. The summed E-state index contributed by atoms with van der Waals surface area (Å²) in [5.74, 6) is -0.222. The van der Waals surface area contributed by atoms with Gasteiger partial charge in [0.25, 0.3) is 5.56 Å². The van der Waals surface area contributed by atoms with E-state index in [1.807, 2.05) is 0 Å². The van der Waals surface area contributed by atoms with E-state index in [0.717, 1.165) is 4.47 Å². The molecular weight excluding hydrogens is 297 g/mol. The SMILES string of the molecule is Cl.NCCNC(=O)Cn1cc(Br)ccc1=O. The van der Waals surface area contributed by atoms with Crippen LogP contribution in [-0.4, -0.2) is 23.6 Å². The monoisotopic (exact) mass is 309 g/mol. The first kappa shape index (κ1) is 15.2. The van der Waals surface area contributed by atoms with Crippen LogP contribution < -0.4 is 16.6 Å². The highest BCUT2D eigenvalue weighted by molar-refractivity contribution is 9.10. The van der Waals surface area contributed by atoms with Crippen molar-refractivity contribution >= 4 is 34.2 Å². The van der Waals surface area contributed by atoms with Gasteiger partial charge < -0.3 is 15.6 Å². The van der Waals surface area contributed by atoms with Crippen LogP contribution in [0.25, 0.3) is 0 Å². The molecule has 3 N–H and O–H groups in total.